The predicted molar refractivity (Wildman–Crippen MR) is 108 cm³/mol. The van der Waals surface area contributed by atoms with Crippen LogP contribution in [0.2, 0.25) is 0 Å². The van der Waals surface area contributed by atoms with Gasteiger partial charge in [0.2, 0.25) is 0 Å². The summed E-state index contributed by atoms with van der Waals surface area (Å²) >= 11 is 0. The Morgan fingerprint density at radius 2 is 2.07 bits per heavy atom. The van der Waals surface area contributed by atoms with Crippen molar-refractivity contribution in [3.8, 4) is 6.07 Å². The Bertz CT molecular complexity index is 1080. The van der Waals surface area contributed by atoms with Crippen LogP contribution >= 0.6 is 0 Å². The number of hydrogen-bond donors (Lipinski definition) is 2. The zero-order valence-corrected chi connectivity index (χ0v) is 15.3. The predicted octanol–water partition coefficient (Wildman–Crippen LogP) is 5.49. The average molecular weight is 354 g/mol. The van der Waals surface area contributed by atoms with Crippen molar-refractivity contribution >= 4 is 22.2 Å². The Morgan fingerprint density at radius 1 is 1.11 bits per heavy atom. The van der Waals surface area contributed by atoms with Crippen molar-refractivity contribution < 1.29 is 0 Å². The van der Waals surface area contributed by atoms with E-state index in [1.165, 1.54) is 28.5 Å². The smallest absolute Gasteiger partial charge is 0.0991 e. The van der Waals surface area contributed by atoms with E-state index >= 15 is 0 Å². The molecule has 0 saturated heterocycles. The summed E-state index contributed by atoms with van der Waals surface area (Å²) in [6.07, 6.45) is 9.14. The van der Waals surface area contributed by atoms with Gasteiger partial charge < -0.3 is 5.32 Å². The van der Waals surface area contributed by atoms with Crippen LogP contribution in [0.15, 0.2) is 42.5 Å². The minimum Gasteiger partial charge on any atom is -0.378 e. The number of rotatable bonds is 3. The summed E-state index contributed by atoms with van der Waals surface area (Å²) < 4.78 is 0. The van der Waals surface area contributed by atoms with Gasteiger partial charge in [0.25, 0.3) is 0 Å². The minimum absolute atomic E-state index is 0.292. The van der Waals surface area contributed by atoms with Gasteiger partial charge in [-0.15, -0.1) is 0 Å². The van der Waals surface area contributed by atoms with Gasteiger partial charge in [0, 0.05) is 11.1 Å². The lowest BCUT2D eigenvalue weighted by Crippen LogP contribution is -2.17. The summed E-state index contributed by atoms with van der Waals surface area (Å²) in [6, 6.07) is 15.1. The third-order valence-electron chi connectivity index (χ3n) is 5.84. The first-order chi connectivity index (χ1) is 13.3. The SMILES string of the molecule is N#Cc1ccc2c(c1)CCCC2Nc1ccc2[nH]nc(C3=CCCC3)c2c1. The molecule has 0 radical (unpaired) electrons. The molecule has 134 valence electrons. The molecule has 2 aromatic carbocycles. The van der Waals surface area contributed by atoms with Gasteiger partial charge in [-0.3, -0.25) is 5.10 Å². The first-order valence-electron chi connectivity index (χ1n) is 9.79. The lowest BCUT2D eigenvalue weighted by atomic mass is 9.86. The van der Waals surface area contributed by atoms with E-state index < -0.39 is 0 Å². The fourth-order valence-electron chi connectivity index (χ4n) is 4.47. The van der Waals surface area contributed by atoms with E-state index in [-0.39, 0.29) is 0 Å². The molecule has 0 spiro atoms. The number of nitrogens with zero attached hydrogens (tertiary/aromatic N) is 2. The summed E-state index contributed by atoms with van der Waals surface area (Å²) in [7, 11) is 0. The second-order valence-corrected chi connectivity index (χ2v) is 7.57. The molecule has 0 aliphatic heterocycles. The topological polar surface area (TPSA) is 64.5 Å². The first-order valence-corrected chi connectivity index (χ1v) is 9.79. The average Bonchev–Trinajstić information content (AvgIpc) is 3.37. The van der Waals surface area contributed by atoms with Gasteiger partial charge in [0.05, 0.1) is 28.9 Å². The molecule has 2 aliphatic carbocycles. The summed E-state index contributed by atoms with van der Waals surface area (Å²) in [4.78, 5) is 0. The maximum Gasteiger partial charge on any atom is 0.0991 e. The number of H-pyrrole nitrogens is 1. The maximum atomic E-state index is 9.16. The molecule has 1 aromatic heterocycles. The van der Waals surface area contributed by atoms with Crippen molar-refractivity contribution in [2.24, 2.45) is 0 Å². The van der Waals surface area contributed by atoms with Crippen molar-refractivity contribution in [3.05, 3.63) is 64.9 Å². The molecule has 4 nitrogen and oxygen atoms in total. The van der Waals surface area contributed by atoms with Crippen LogP contribution in [-0.4, -0.2) is 10.2 Å². The fourth-order valence-corrected chi connectivity index (χ4v) is 4.47. The molecule has 0 bridgehead atoms. The van der Waals surface area contributed by atoms with Crippen molar-refractivity contribution in [1.29, 1.82) is 5.26 Å². The number of hydrogen-bond acceptors (Lipinski definition) is 3. The molecule has 0 saturated carbocycles. The Hall–Kier alpha value is -3.06. The van der Waals surface area contributed by atoms with Crippen molar-refractivity contribution in [1.82, 2.24) is 10.2 Å². The minimum atomic E-state index is 0.292. The Kier molecular flexibility index (Phi) is 3.94. The van der Waals surface area contributed by atoms with E-state index in [9.17, 15) is 0 Å². The van der Waals surface area contributed by atoms with Crippen LogP contribution < -0.4 is 5.32 Å². The number of anilines is 1. The number of nitriles is 1. The number of aryl methyl sites for hydroxylation is 1. The Balaban J connectivity index is 1.47. The molecule has 4 heteroatoms. The monoisotopic (exact) mass is 354 g/mol. The first kappa shape index (κ1) is 16.1. The molecule has 27 heavy (non-hydrogen) atoms. The molecule has 2 N–H and O–H groups in total. The van der Waals surface area contributed by atoms with Gasteiger partial charge in [-0.1, -0.05) is 12.1 Å². The lowest BCUT2D eigenvalue weighted by Gasteiger charge is -2.27. The van der Waals surface area contributed by atoms with Crippen LogP contribution in [0.3, 0.4) is 0 Å². The summed E-state index contributed by atoms with van der Waals surface area (Å²) in [5.41, 5.74) is 8.07. The number of aromatic nitrogens is 2. The Morgan fingerprint density at radius 3 is 2.93 bits per heavy atom. The molecule has 1 atom stereocenters. The molecule has 2 aliphatic rings. The number of aromatic amines is 1. The van der Waals surface area contributed by atoms with E-state index in [1.54, 1.807) is 0 Å². The third-order valence-corrected chi connectivity index (χ3v) is 5.84. The zero-order valence-electron chi connectivity index (χ0n) is 15.3. The zero-order chi connectivity index (χ0) is 18.2. The summed E-state index contributed by atoms with van der Waals surface area (Å²) in [5.74, 6) is 0. The van der Waals surface area contributed by atoms with Crippen LogP contribution in [0.1, 0.15) is 60.5 Å². The third kappa shape index (κ3) is 2.90. The molecule has 0 amide bonds. The summed E-state index contributed by atoms with van der Waals surface area (Å²) in [5, 5.41) is 21.8. The van der Waals surface area contributed by atoms with Gasteiger partial charge in [-0.05, 0) is 85.6 Å². The van der Waals surface area contributed by atoms with E-state index in [0.717, 1.165) is 54.6 Å². The standard InChI is InChI=1S/C23H22N4/c24-14-15-8-10-19-17(12-15)6-3-7-21(19)25-18-9-11-22-20(13-18)23(27-26-22)16-4-1-2-5-16/h4,8-13,21,25H,1-3,5-7H2,(H,26,27). The molecular weight excluding hydrogens is 332 g/mol. The van der Waals surface area contributed by atoms with E-state index in [0.29, 0.717) is 6.04 Å². The number of allylic oxidation sites excluding steroid dienone is 2. The van der Waals surface area contributed by atoms with Gasteiger partial charge in [-0.2, -0.15) is 10.4 Å². The molecule has 1 unspecified atom stereocenters. The molecular formula is C23H22N4. The van der Waals surface area contributed by atoms with Crippen molar-refractivity contribution in [2.45, 2.75) is 44.6 Å². The summed E-state index contributed by atoms with van der Waals surface area (Å²) in [6.45, 7) is 0. The number of benzene rings is 2. The van der Waals surface area contributed by atoms with E-state index in [1.807, 2.05) is 12.1 Å². The lowest BCUT2D eigenvalue weighted by molar-refractivity contribution is 0.600. The Labute approximate surface area is 158 Å². The van der Waals surface area contributed by atoms with Crippen LogP contribution in [-0.2, 0) is 6.42 Å². The van der Waals surface area contributed by atoms with Crippen LogP contribution in [0.25, 0.3) is 16.5 Å². The van der Waals surface area contributed by atoms with Crippen molar-refractivity contribution in [2.75, 3.05) is 5.32 Å². The van der Waals surface area contributed by atoms with E-state index in [4.69, 9.17) is 5.26 Å². The van der Waals surface area contributed by atoms with Gasteiger partial charge in [0.15, 0.2) is 0 Å². The molecule has 3 aromatic rings. The second kappa shape index (κ2) is 6.59. The van der Waals surface area contributed by atoms with Crippen LogP contribution in [0.5, 0.6) is 0 Å². The van der Waals surface area contributed by atoms with Crippen LogP contribution in [0, 0.1) is 11.3 Å². The second-order valence-electron chi connectivity index (χ2n) is 7.57. The fraction of sp³-hybridized carbons (Fsp3) is 0.304. The molecule has 0 fully saturated rings. The highest BCUT2D eigenvalue weighted by Gasteiger charge is 2.21. The number of fused-ring (bicyclic) bond motifs is 2. The van der Waals surface area contributed by atoms with Gasteiger partial charge in [-0.25, -0.2) is 0 Å². The normalized spacial score (nSPS) is 18.8. The van der Waals surface area contributed by atoms with Crippen molar-refractivity contribution in [3.63, 3.8) is 0 Å². The highest BCUT2D eigenvalue weighted by Crippen LogP contribution is 2.35. The van der Waals surface area contributed by atoms with Gasteiger partial charge >= 0.3 is 0 Å². The quantitative estimate of drug-likeness (QED) is 0.653. The number of nitrogens with one attached hydrogen (secondary N) is 2. The molecule has 5 rings (SSSR count). The maximum absolute atomic E-state index is 9.16. The highest BCUT2D eigenvalue weighted by atomic mass is 15.1. The van der Waals surface area contributed by atoms with Gasteiger partial charge in [0.1, 0.15) is 0 Å². The van der Waals surface area contributed by atoms with E-state index in [2.05, 4.69) is 51.9 Å². The highest BCUT2D eigenvalue weighted by molar-refractivity contribution is 5.92. The molecule has 1 heterocycles. The largest absolute Gasteiger partial charge is 0.378 e. The van der Waals surface area contributed by atoms with Crippen LogP contribution in [0.4, 0.5) is 5.69 Å².